The molecule has 0 N–H and O–H groups in total. The number of thioether (sulfide) groups is 1. The Balaban J connectivity index is 1.61. The van der Waals surface area contributed by atoms with Gasteiger partial charge in [-0.25, -0.2) is 4.99 Å². The molecule has 0 unspecified atom stereocenters. The van der Waals surface area contributed by atoms with Crippen LogP contribution in [0.1, 0.15) is 30.9 Å². The molecule has 1 heterocycles. The second kappa shape index (κ2) is 9.50. The normalized spacial score (nSPS) is 14.4. The fourth-order valence-electron chi connectivity index (χ4n) is 3.40. The molecule has 3 nitrogen and oxygen atoms in total. The van der Waals surface area contributed by atoms with Crippen LogP contribution in [-0.2, 0) is 11.3 Å². The molecule has 3 aromatic carbocycles. The number of rotatable bonds is 7. The number of fused-ring (bicyclic) bond motifs is 1. The molecule has 152 valence electrons. The number of aliphatic imine (C=N–C) groups is 1. The maximum Gasteiger partial charge on any atom is 0.277 e. The molecule has 30 heavy (non-hydrogen) atoms. The number of carbonyl (C=O) groups is 1. The number of carbonyl (C=O) groups excluding carboxylic acids is 1. The summed E-state index contributed by atoms with van der Waals surface area (Å²) < 4.78 is 0. The molecule has 1 aliphatic heterocycles. The predicted octanol–water partition coefficient (Wildman–Crippen LogP) is 6.90. The van der Waals surface area contributed by atoms with Gasteiger partial charge in [0.1, 0.15) is 5.71 Å². The maximum atomic E-state index is 13.3. The summed E-state index contributed by atoms with van der Waals surface area (Å²) in [7, 11) is 0. The monoisotopic (exact) mass is 434 g/mol. The first-order valence-electron chi connectivity index (χ1n) is 10.1. The first-order chi connectivity index (χ1) is 14.7. The topological polar surface area (TPSA) is 32.7 Å². The molecule has 0 bridgehead atoms. The second-order valence-corrected chi connectivity index (χ2v) is 8.73. The van der Waals surface area contributed by atoms with Gasteiger partial charge >= 0.3 is 0 Å². The summed E-state index contributed by atoms with van der Waals surface area (Å²) in [6.45, 7) is 2.62. The molecule has 4 rings (SSSR count). The minimum Gasteiger partial charge on any atom is -0.302 e. The van der Waals surface area contributed by atoms with Crippen molar-refractivity contribution in [2.24, 2.45) is 4.99 Å². The first-order valence-corrected chi connectivity index (χ1v) is 11.5. The zero-order chi connectivity index (χ0) is 20.9. The van der Waals surface area contributed by atoms with E-state index in [1.165, 1.54) is 17.7 Å². The maximum absolute atomic E-state index is 13.3. The van der Waals surface area contributed by atoms with Crippen molar-refractivity contribution in [3.8, 4) is 0 Å². The average Bonchev–Trinajstić information content (AvgIpc) is 3.02. The van der Waals surface area contributed by atoms with Crippen molar-refractivity contribution in [3.63, 3.8) is 0 Å². The van der Waals surface area contributed by atoms with E-state index in [4.69, 9.17) is 16.6 Å². The third kappa shape index (κ3) is 4.45. The van der Waals surface area contributed by atoms with Crippen molar-refractivity contribution < 1.29 is 4.79 Å². The second-order valence-electron chi connectivity index (χ2n) is 7.16. The number of hydrogen-bond acceptors (Lipinski definition) is 3. The van der Waals surface area contributed by atoms with E-state index in [1.807, 2.05) is 72.4 Å². The van der Waals surface area contributed by atoms with Crippen LogP contribution in [0, 0.1) is 0 Å². The number of para-hydroxylation sites is 1. The van der Waals surface area contributed by atoms with Crippen LogP contribution in [0.3, 0.4) is 0 Å². The molecule has 5 heteroatoms. The molecule has 0 spiro atoms. The summed E-state index contributed by atoms with van der Waals surface area (Å²) in [6, 6.07) is 23.5. The molecule has 1 aliphatic rings. The summed E-state index contributed by atoms with van der Waals surface area (Å²) in [5.74, 6) is 1.02. The van der Waals surface area contributed by atoms with Crippen molar-refractivity contribution in [2.75, 3.05) is 10.7 Å². The van der Waals surface area contributed by atoms with E-state index in [1.54, 1.807) is 4.90 Å². The fraction of sp³-hybridized carbons (Fsp3) is 0.200. The fourth-order valence-corrected chi connectivity index (χ4v) is 4.60. The van der Waals surface area contributed by atoms with Crippen molar-refractivity contribution in [1.29, 1.82) is 0 Å². The van der Waals surface area contributed by atoms with Gasteiger partial charge in [-0.3, -0.25) is 4.79 Å². The van der Waals surface area contributed by atoms with E-state index in [9.17, 15) is 4.79 Å². The van der Waals surface area contributed by atoms with Crippen molar-refractivity contribution in [1.82, 2.24) is 0 Å². The van der Waals surface area contributed by atoms with E-state index in [0.717, 1.165) is 28.3 Å². The van der Waals surface area contributed by atoms with Gasteiger partial charge in [0.15, 0.2) is 0 Å². The highest BCUT2D eigenvalue weighted by Crippen LogP contribution is 2.33. The third-order valence-corrected chi connectivity index (χ3v) is 6.50. The van der Waals surface area contributed by atoms with Crippen LogP contribution < -0.4 is 4.90 Å². The molecule has 0 saturated heterocycles. The van der Waals surface area contributed by atoms with Crippen LogP contribution in [0.2, 0.25) is 5.02 Å². The van der Waals surface area contributed by atoms with Gasteiger partial charge in [-0.05, 0) is 54.1 Å². The zero-order valence-electron chi connectivity index (χ0n) is 16.8. The molecule has 0 atom stereocenters. The van der Waals surface area contributed by atoms with Crippen LogP contribution in [0.15, 0.2) is 82.7 Å². The smallest absolute Gasteiger partial charge is 0.277 e. The van der Waals surface area contributed by atoms with Crippen molar-refractivity contribution in [2.45, 2.75) is 31.2 Å². The lowest BCUT2D eigenvalue weighted by atomic mass is 10.1. The number of unbranched alkanes of at least 4 members (excludes halogenated alkanes) is 1. The molecular formula is C25H23ClN2OS. The summed E-state index contributed by atoms with van der Waals surface area (Å²) in [4.78, 5) is 21.0. The highest BCUT2D eigenvalue weighted by atomic mass is 35.5. The Kier molecular flexibility index (Phi) is 6.56. The molecule has 0 saturated carbocycles. The van der Waals surface area contributed by atoms with Crippen LogP contribution in [-0.4, -0.2) is 17.4 Å². The first kappa shape index (κ1) is 20.7. The SMILES string of the molecule is CCCCSc1ccc(N=C2C(=O)N(Cc3ccccc3Cl)c3ccccc32)cc1. The molecular weight excluding hydrogens is 412 g/mol. The lowest BCUT2D eigenvalue weighted by Gasteiger charge is -2.17. The van der Waals surface area contributed by atoms with E-state index in [2.05, 4.69) is 19.1 Å². The van der Waals surface area contributed by atoms with E-state index < -0.39 is 0 Å². The minimum absolute atomic E-state index is 0.0995. The Hall–Kier alpha value is -2.56. The van der Waals surface area contributed by atoms with Crippen molar-refractivity contribution >= 4 is 46.4 Å². The van der Waals surface area contributed by atoms with Gasteiger partial charge < -0.3 is 4.90 Å². The number of amides is 1. The largest absolute Gasteiger partial charge is 0.302 e. The Morgan fingerprint density at radius 2 is 1.70 bits per heavy atom. The van der Waals surface area contributed by atoms with Gasteiger partial charge in [-0.15, -0.1) is 11.8 Å². The van der Waals surface area contributed by atoms with E-state index >= 15 is 0 Å². The summed E-state index contributed by atoms with van der Waals surface area (Å²) in [5, 5.41) is 0.657. The highest BCUT2D eigenvalue weighted by Gasteiger charge is 2.33. The highest BCUT2D eigenvalue weighted by molar-refractivity contribution is 7.99. The number of benzene rings is 3. The number of nitrogens with zero attached hydrogens (tertiary/aromatic N) is 2. The Bertz CT molecular complexity index is 1080. The molecule has 3 aromatic rings. The number of anilines is 1. The van der Waals surface area contributed by atoms with Gasteiger partial charge in [0.25, 0.3) is 5.91 Å². The quantitative estimate of drug-likeness (QED) is 0.299. The predicted molar refractivity (Wildman–Crippen MR) is 127 cm³/mol. The lowest BCUT2D eigenvalue weighted by molar-refractivity contribution is -0.112. The summed E-state index contributed by atoms with van der Waals surface area (Å²) >= 11 is 8.19. The standard InChI is InChI=1S/C25H23ClN2OS/c1-2-3-16-30-20-14-12-19(13-15-20)27-24-21-9-5-7-11-23(21)28(25(24)29)17-18-8-4-6-10-22(18)26/h4-15H,2-3,16-17H2,1H3. The van der Waals surface area contributed by atoms with Crippen LogP contribution in [0.25, 0.3) is 0 Å². The van der Waals surface area contributed by atoms with Crippen molar-refractivity contribution in [3.05, 3.63) is 88.9 Å². The third-order valence-electron chi connectivity index (χ3n) is 5.03. The molecule has 0 aromatic heterocycles. The van der Waals surface area contributed by atoms with Gasteiger partial charge in [0.2, 0.25) is 0 Å². The van der Waals surface area contributed by atoms with Gasteiger partial charge in [-0.1, -0.05) is 61.3 Å². The van der Waals surface area contributed by atoms with Gasteiger partial charge in [0.05, 0.1) is 17.9 Å². The summed E-state index contributed by atoms with van der Waals surface area (Å²) in [6.07, 6.45) is 2.41. The summed E-state index contributed by atoms with van der Waals surface area (Å²) in [5.41, 5.74) is 3.90. The lowest BCUT2D eigenvalue weighted by Crippen LogP contribution is -2.29. The Morgan fingerprint density at radius 3 is 2.47 bits per heavy atom. The average molecular weight is 435 g/mol. The van der Waals surface area contributed by atoms with Crippen LogP contribution in [0.5, 0.6) is 0 Å². The van der Waals surface area contributed by atoms with E-state index in [-0.39, 0.29) is 5.91 Å². The number of hydrogen-bond donors (Lipinski definition) is 0. The van der Waals surface area contributed by atoms with Crippen LogP contribution >= 0.6 is 23.4 Å². The van der Waals surface area contributed by atoms with E-state index in [0.29, 0.717) is 17.3 Å². The van der Waals surface area contributed by atoms with Gasteiger partial charge in [-0.2, -0.15) is 0 Å². The molecule has 1 amide bonds. The zero-order valence-corrected chi connectivity index (χ0v) is 18.4. The molecule has 0 fully saturated rings. The minimum atomic E-state index is -0.0995. The number of halogens is 1. The molecule has 0 radical (unpaired) electrons. The van der Waals surface area contributed by atoms with Crippen LogP contribution in [0.4, 0.5) is 11.4 Å². The Morgan fingerprint density at radius 1 is 0.967 bits per heavy atom. The molecule has 0 aliphatic carbocycles. The Labute approximate surface area is 186 Å². The van der Waals surface area contributed by atoms with Gasteiger partial charge in [0, 0.05) is 15.5 Å².